The maximum absolute atomic E-state index is 11.8. The van der Waals surface area contributed by atoms with Gasteiger partial charge in [0, 0.05) is 18.2 Å². The molecule has 2 N–H and O–H groups in total. The lowest BCUT2D eigenvalue weighted by atomic mass is 10.1. The summed E-state index contributed by atoms with van der Waals surface area (Å²) in [5, 5.41) is 22.2. The highest BCUT2D eigenvalue weighted by Gasteiger charge is 2.19. The zero-order valence-corrected chi connectivity index (χ0v) is 12.2. The summed E-state index contributed by atoms with van der Waals surface area (Å²) in [5.74, 6) is -0.475. The topological polar surface area (TPSA) is 92.5 Å². The lowest BCUT2D eigenvalue weighted by Crippen LogP contribution is -2.25. The number of nitrogens with one attached hydrogen (secondary N) is 1. The van der Waals surface area contributed by atoms with Crippen molar-refractivity contribution in [3.63, 3.8) is 0 Å². The van der Waals surface area contributed by atoms with Crippen molar-refractivity contribution in [2.45, 2.75) is 25.9 Å². The molecule has 1 unspecified atom stereocenters. The van der Waals surface area contributed by atoms with Crippen molar-refractivity contribution < 1.29 is 14.8 Å². The average molecular weight is 321 g/mol. The van der Waals surface area contributed by atoms with E-state index in [2.05, 4.69) is 5.32 Å². The first-order valence-electron chi connectivity index (χ1n) is 5.92. The molecule has 8 heteroatoms. The first-order chi connectivity index (χ1) is 9.32. The van der Waals surface area contributed by atoms with Crippen molar-refractivity contribution in [2.24, 2.45) is 0 Å². The molecule has 0 aliphatic carbocycles. The molecule has 1 amide bonds. The van der Waals surface area contributed by atoms with E-state index < -0.39 is 22.6 Å². The quantitative estimate of drug-likeness (QED) is 0.479. The number of nitro groups is 1. The van der Waals surface area contributed by atoms with E-state index in [-0.39, 0.29) is 15.6 Å². The first-order valence-corrected chi connectivity index (χ1v) is 6.68. The molecule has 0 aliphatic rings. The molecule has 1 aromatic carbocycles. The summed E-state index contributed by atoms with van der Waals surface area (Å²) in [5.41, 5.74) is -0.337. The van der Waals surface area contributed by atoms with Gasteiger partial charge in [-0.3, -0.25) is 14.9 Å². The lowest BCUT2D eigenvalue weighted by Gasteiger charge is -2.07. The predicted octanol–water partition coefficient (Wildman–Crippen LogP) is 2.79. The number of nitrogens with zero attached hydrogens (tertiary/aromatic N) is 1. The van der Waals surface area contributed by atoms with Crippen LogP contribution < -0.4 is 5.32 Å². The van der Waals surface area contributed by atoms with Crippen molar-refractivity contribution >= 4 is 34.8 Å². The summed E-state index contributed by atoms with van der Waals surface area (Å²) in [6, 6.07) is 2.36. The predicted molar refractivity (Wildman–Crippen MR) is 76.4 cm³/mol. The minimum atomic E-state index is -0.696. The van der Waals surface area contributed by atoms with Crippen molar-refractivity contribution in [3.8, 4) is 0 Å². The molecule has 1 aromatic rings. The van der Waals surface area contributed by atoms with Crippen molar-refractivity contribution in [2.75, 3.05) is 6.54 Å². The van der Waals surface area contributed by atoms with Crippen LogP contribution in [0, 0.1) is 10.1 Å². The van der Waals surface area contributed by atoms with Crippen molar-refractivity contribution in [3.05, 3.63) is 37.9 Å². The minimum Gasteiger partial charge on any atom is -0.393 e. The second kappa shape index (κ2) is 7.42. The molecule has 0 saturated carbocycles. The summed E-state index contributed by atoms with van der Waals surface area (Å²) in [6.45, 7) is 2.02. The molecular weight excluding hydrogens is 307 g/mol. The fourth-order valence-corrected chi connectivity index (χ4v) is 1.93. The van der Waals surface area contributed by atoms with Crippen LogP contribution in [0.1, 0.15) is 30.1 Å². The number of carbonyl (C=O) groups is 1. The van der Waals surface area contributed by atoms with Crippen LogP contribution in [0.3, 0.4) is 0 Å². The molecule has 0 radical (unpaired) electrons. The summed E-state index contributed by atoms with van der Waals surface area (Å²) in [4.78, 5) is 21.9. The summed E-state index contributed by atoms with van der Waals surface area (Å²) in [7, 11) is 0. The van der Waals surface area contributed by atoms with Gasteiger partial charge in [0.2, 0.25) is 0 Å². The Morgan fingerprint density at radius 2 is 2.15 bits per heavy atom. The third-order valence-electron chi connectivity index (χ3n) is 2.55. The van der Waals surface area contributed by atoms with Gasteiger partial charge in [0.15, 0.2) is 0 Å². The van der Waals surface area contributed by atoms with E-state index in [0.29, 0.717) is 19.4 Å². The summed E-state index contributed by atoms with van der Waals surface area (Å²) >= 11 is 11.5. The molecule has 0 fully saturated rings. The molecule has 6 nitrogen and oxygen atoms in total. The van der Waals surface area contributed by atoms with E-state index >= 15 is 0 Å². The molecule has 0 bridgehead atoms. The number of nitro benzene ring substituents is 1. The molecule has 0 heterocycles. The van der Waals surface area contributed by atoms with Gasteiger partial charge in [-0.05, 0) is 25.8 Å². The number of amides is 1. The Morgan fingerprint density at radius 1 is 1.50 bits per heavy atom. The standard InChI is InChI=1S/C12H14Cl2N2O4/c1-7(17)3-2-4-15-12(18)8-5-9(13)11(14)10(6-8)16(19)20/h5-7,17H,2-4H2,1H3,(H,15,18). The first kappa shape index (κ1) is 16.7. The highest BCUT2D eigenvalue weighted by molar-refractivity contribution is 6.43. The number of carbonyl (C=O) groups excluding carboxylic acids is 1. The van der Waals surface area contributed by atoms with Gasteiger partial charge in [-0.1, -0.05) is 23.2 Å². The SMILES string of the molecule is CC(O)CCCNC(=O)c1cc(Cl)c(Cl)c([N+](=O)[O-])c1. The summed E-state index contributed by atoms with van der Waals surface area (Å²) < 4.78 is 0. The van der Waals surface area contributed by atoms with Crippen LogP contribution >= 0.6 is 23.2 Å². The zero-order chi connectivity index (χ0) is 15.3. The van der Waals surface area contributed by atoms with Crippen LogP contribution in [0.5, 0.6) is 0 Å². The number of hydrogen-bond acceptors (Lipinski definition) is 4. The van der Waals surface area contributed by atoms with Crippen molar-refractivity contribution in [1.82, 2.24) is 5.32 Å². The third kappa shape index (κ3) is 4.63. The largest absolute Gasteiger partial charge is 0.393 e. The van der Waals surface area contributed by atoms with E-state index in [1.54, 1.807) is 6.92 Å². The second-order valence-electron chi connectivity index (χ2n) is 4.30. The maximum atomic E-state index is 11.8. The van der Waals surface area contributed by atoms with Gasteiger partial charge in [-0.2, -0.15) is 0 Å². The minimum absolute atomic E-state index is 0.0463. The van der Waals surface area contributed by atoms with E-state index in [1.807, 2.05) is 0 Å². The molecular formula is C12H14Cl2N2O4. The lowest BCUT2D eigenvalue weighted by molar-refractivity contribution is -0.384. The fraction of sp³-hybridized carbons (Fsp3) is 0.417. The number of halogens is 2. The van der Waals surface area contributed by atoms with Crippen LogP contribution in [-0.2, 0) is 0 Å². The Morgan fingerprint density at radius 3 is 2.70 bits per heavy atom. The van der Waals surface area contributed by atoms with Gasteiger partial charge in [0.25, 0.3) is 11.6 Å². The van der Waals surface area contributed by atoms with E-state index in [4.69, 9.17) is 28.3 Å². The Kier molecular flexibility index (Phi) is 6.19. The molecule has 0 aromatic heterocycles. The Hall–Kier alpha value is -1.37. The molecule has 110 valence electrons. The van der Waals surface area contributed by atoms with Crippen LogP contribution in [0.2, 0.25) is 10.0 Å². The van der Waals surface area contributed by atoms with Crippen LogP contribution in [-0.4, -0.2) is 28.6 Å². The fourth-order valence-electron chi connectivity index (χ4n) is 1.54. The highest BCUT2D eigenvalue weighted by Crippen LogP contribution is 2.32. The van der Waals surface area contributed by atoms with Gasteiger partial charge in [-0.25, -0.2) is 0 Å². The average Bonchev–Trinajstić information content (AvgIpc) is 2.36. The number of rotatable bonds is 6. The Balaban J connectivity index is 2.76. The van der Waals surface area contributed by atoms with E-state index in [1.165, 1.54) is 6.07 Å². The number of aliphatic hydroxyl groups is 1. The molecule has 20 heavy (non-hydrogen) atoms. The van der Waals surface area contributed by atoms with Gasteiger partial charge >= 0.3 is 0 Å². The zero-order valence-electron chi connectivity index (χ0n) is 10.7. The number of hydrogen-bond donors (Lipinski definition) is 2. The van der Waals surface area contributed by atoms with E-state index in [9.17, 15) is 14.9 Å². The van der Waals surface area contributed by atoms with Crippen LogP contribution in [0.4, 0.5) is 5.69 Å². The van der Waals surface area contributed by atoms with Gasteiger partial charge < -0.3 is 10.4 Å². The molecule has 0 aliphatic heterocycles. The number of aliphatic hydroxyl groups excluding tert-OH is 1. The molecule has 1 atom stereocenters. The Bertz CT molecular complexity index is 520. The number of benzene rings is 1. The van der Waals surface area contributed by atoms with E-state index in [0.717, 1.165) is 6.07 Å². The third-order valence-corrected chi connectivity index (χ3v) is 3.34. The molecule has 1 rings (SSSR count). The summed E-state index contributed by atoms with van der Waals surface area (Å²) in [6.07, 6.45) is 0.729. The van der Waals surface area contributed by atoms with Gasteiger partial charge in [0.05, 0.1) is 16.0 Å². The second-order valence-corrected chi connectivity index (χ2v) is 5.08. The molecule has 0 spiro atoms. The van der Waals surface area contributed by atoms with Crippen LogP contribution in [0.15, 0.2) is 12.1 Å². The normalized spacial score (nSPS) is 12.0. The van der Waals surface area contributed by atoms with Crippen molar-refractivity contribution in [1.29, 1.82) is 0 Å². The highest BCUT2D eigenvalue weighted by atomic mass is 35.5. The Labute approximate surface area is 125 Å². The smallest absolute Gasteiger partial charge is 0.290 e. The maximum Gasteiger partial charge on any atom is 0.290 e. The molecule has 0 saturated heterocycles. The monoisotopic (exact) mass is 320 g/mol. The van der Waals surface area contributed by atoms with Crippen LogP contribution in [0.25, 0.3) is 0 Å². The van der Waals surface area contributed by atoms with Gasteiger partial charge in [0.1, 0.15) is 5.02 Å². The van der Waals surface area contributed by atoms with Gasteiger partial charge in [-0.15, -0.1) is 0 Å².